The molecule has 0 aromatic heterocycles. The Morgan fingerprint density at radius 1 is 1.19 bits per heavy atom. The van der Waals surface area contributed by atoms with Gasteiger partial charge in [0.1, 0.15) is 5.75 Å². The first-order valence-electron chi connectivity index (χ1n) is 5.30. The van der Waals surface area contributed by atoms with Gasteiger partial charge in [0.2, 0.25) is 0 Å². The lowest BCUT2D eigenvalue weighted by Crippen LogP contribution is -2.16. The summed E-state index contributed by atoms with van der Waals surface area (Å²) in [6, 6.07) is 5.49. The fourth-order valence-corrected chi connectivity index (χ4v) is 1.42. The third kappa shape index (κ3) is 3.31. The van der Waals surface area contributed by atoms with E-state index in [0.717, 1.165) is 12.2 Å². The molecule has 0 amide bonds. The lowest BCUT2D eigenvalue weighted by Gasteiger charge is -2.15. The topological polar surface area (TPSA) is 53.7 Å². The largest absolute Gasteiger partial charge is 0.493 e. The Morgan fingerprint density at radius 2 is 1.88 bits per heavy atom. The molecule has 4 heteroatoms. The van der Waals surface area contributed by atoms with Gasteiger partial charge in [0.15, 0.2) is 11.5 Å². The summed E-state index contributed by atoms with van der Waals surface area (Å²) in [7, 11) is 3.21. The first kappa shape index (κ1) is 12.6. The number of ether oxygens (including phenoxy) is 3. The Kier molecular flexibility index (Phi) is 4.92. The van der Waals surface area contributed by atoms with Crippen molar-refractivity contribution in [1.29, 1.82) is 0 Å². The maximum atomic E-state index is 5.68. The Labute approximate surface area is 96.3 Å². The lowest BCUT2D eigenvalue weighted by atomic mass is 10.2. The third-order valence-corrected chi connectivity index (χ3v) is 2.27. The molecule has 90 valence electrons. The highest BCUT2D eigenvalue weighted by atomic mass is 16.5. The van der Waals surface area contributed by atoms with Gasteiger partial charge in [-0.2, -0.15) is 0 Å². The van der Waals surface area contributed by atoms with Crippen LogP contribution in [0.15, 0.2) is 18.2 Å². The van der Waals surface area contributed by atoms with Crippen LogP contribution in [-0.4, -0.2) is 26.9 Å². The van der Waals surface area contributed by atoms with E-state index in [2.05, 4.69) is 0 Å². The Morgan fingerprint density at radius 3 is 2.44 bits per heavy atom. The summed E-state index contributed by atoms with van der Waals surface area (Å²) in [6.45, 7) is 2.61. The molecule has 0 saturated heterocycles. The normalized spacial score (nSPS) is 12.0. The van der Waals surface area contributed by atoms with Crippen molar-refractivity contribution in [1.82, 2.24) is 0 Å². The molecule has 1 unspecified atom stereocenters. The zero-order chi connectivity index (χ0) is 12.0. The molecule has 0 radical (unpaired) electrons. The maximum absolute atomic E-state index is 5.68. The van der Waals surface area contributed by atoms with Crippen LogP contribution in [0.1, 0.15) is 13.3 Å². The number of nitrogens with two attached hydrogens (primary N) is 1. The summed E-state index contributed by atoms with van der Waals surface area (Å²) in [5, 5.41) is 0. The predicted molar refractivity (Wildman–Crippen MR) is 63.3 cm³/mol. The molecular formula is C12H19NO3. The van der Waals surface area contributed by atoms with E-state index in [1.807, 2.05) is 25.1 Å². The standard InChI is InChI=1S/C12H19NO3/c1-9(6-7-13)16-10-4-5-11(14-2)12(8-10)15-3/h4-5,8-9H,6-7,13H2,1-3H3. The van der Waals surface area contributed by atoms with Gasteiger partial charge in [-0.05, 0) is 32.0 Å². The van der Waals surface area contributed by atoms with Gasteiger partial charge in [0.05, 0.1) is 20.3 Å². The van der Waals surface area contributed by atoms with Crippen molar-refractivity contribution in [2.24, 2.45) is 5.73 Å². The van der Waals surface area contributed by atoms with Gasteiger partial charge in [0, 0.05) is 6.07 Å². The van der Waals surface area contributed by atoms with Crippen molar-refractivity contribution in [2.75, 3.05) is 20.8 Å². The van der Waals surface area contributed by atoms with Gasteiger partial charge in [-0.15, -0.1) is 0 Å². The van der Waals surface area contributed by atoms with E-state index in [1.54, 1.807) is 14.2 Å². The highest BCUT2D eigenvalue weighted by molar-refractivity contribution is 5.45. The molecule has 1 aromatic carbocycles. The molecule has 0 spiro atoms. The summed E-state index contributed by atoms with van der Waals surface area (Å²) in [4.78, 5) is 0. The van der Waals surface area contributed by atoms with Crippen molar-refractivity contribution < 1.29 is 14.2 Å². The zero-order valence-electron chi connectivity index (χ0n) is 10.0. The lowest BCUT2D eigenvalue weighted by molar-refractivity contribution is 0.212. The van der Waals surface area contributed by atoms with Gasteiger partial charge in [0.25, 0.3) is 0 Å². The second-order valence-corrected chi connectivity index (χ2v) is 3.52. The summed E-state index contributed by atoms with van der Waals surface area (Å²) >= 11 is 0. The number of benzene rings is 1. The molecule has 1 rings (SSSR count). The molecule has 0 aliphatic carbocycles. The Balaban J connectivity index is 2.74. The molecular weight excluding hydrogens is 206 g/mol. The van der Waals surface area contributed by atoms with E-state index >= 15 is 0 Å². The predicted octanol–water partition coefficient (Wildman–Crippen LogP) is 1.82. The van der Waals surface area contributed by atoms with Crippen LogP contribution < -0.4 is 19.9 Å². The summed E-state index contributed by atoms with van der Waals surface area (Å²) in [5.74, 6) is 2.12. The van der Waals surface area contributed by atoms with E-state index in [-0.39, 0.29) is 6.10 Å². The summed E-state index contributed by atoms with van der Waals surface area (Å²) in [5.41, 5.74) is 5.46. The molecule has 1 atom stereocenters. The second-order valence-electron chi connectivity index (χ2n) is 3.52. The molecule has 0 saturated carbocycles. The molecule has 0 aliphatic rings. The van der Waals surface area contributed by atoms with Crippen LogP contribution >= 0.6 is 0 Å². The van der Waals surface area contributed by atoms with Crippen LogP contribution in [0, 0.1) is 0 Å². The van der Waals surface area contributed by atoms with Crippen LogP contribution in [0.2, 0.25) is 0 Å². The molecule has 1 aromatic rings. The van der Waals surface area contributed by atoms with Gasteiger partial charge >= 0.3 is 0 Å². The first-order chi connectivity index (χ1) is 7.71. The quantitative estimate of drug-likeness (QED) is 0.802. The van der Waals surface area contributed by atoms with Crippen LogP contribution in [0.3, 0.4) is 0 Å². The highest BCUT2D eigenvalue weighted by Crippen LogP contribution is 2.31. The van der Waals surface area contributed by atoms with E-state index in [4.69, 9.17) is 19.9 Å². The summed E-state index contributed by atoms with van der Waals surface area (Å²) < 4.78 is 16.0. The van der Waals surface area contributed by atoms with Crippen molar-refractivity contribution in [3.63, 3.8) is 0 Å². The molecule has 0 bridgehead atoms. The van der Waals surface area contributed by atoms with Gasteiger partial charge in [-0.3, -0.25) is 0 Å². The highest BCUT2D eigenvalue weighted by Gasteiger charge is 2.07. The van der Waals surface area contributed by atoms with Crippen LogP contribution in [0.4, 0.5) is 0 Å². The SMILES string of the molecule is COc1ccc(OC(C)CCN)cc1OC. The average molecular weight is 225 g/mol. The van der Waals surface area contributed by atoms with Crippen LogP contribution in [-0.2, 0) is 0 Å². The van der Waals surface area contributed by atoms with Crippen molar-refractivity contribution in [3.8, 4) is 17.2 Å². The minimum atomic E-state index is 0.100. The smallest absolute Gasteiger partial charge is 0.164 e. The van der Waals surface area contributed by atoms with Crippen molar-refractivity contribution in [2.45, 2.75) is 19.4 Å². The van der Waals surface area contributed by atoms with Gasteiger partial charge < -0.3 is 19.9 Å². The van der Waals surface area contributed by atoms with E-state index in [9.17, 15) is 0 Å². The van der Waals surface area contributed by atoms with Gasteiger partial charge in [-0.25, -0.2) is 0 Å². The van der Waals surface area contributed by atoms with E-state index in [1.165, 1.54) is 0 Å². The van der Waals surface area contributed by atoms with E-state index in [0.29, 0.717) is 18.0 Å². The fraction of sp³-hybridized carbons (Fsp3) is 0.500. The average Bonchev–Trinajstić information content (AvgIpc) is 2.29. The molecule has 16 heavy (non-hydrogen) atoms. The fourth-order valence-electron chi connectivity index (χ4n) is 1.42. The number of rotatable bonds is 6. The number of methoxy groups -OCH3 is 2. The summed E-state index contributed by atoms with van der Waals surface area (Å²) in [6.07, 6.45) is 0.928. The van der Waals surface area contributed by atoms with E-state index < -0.39 is 0 Å². The van der Waals surface area contributed by atoms with Crippen molar-refractivity contribution >= 4 is 0 Å². The number of hydrogen-bond donors (Lipinski definition) is 1. The molecule has 2 N–H and O–H groups in total. The molecule has 4 nitrogen and oxygen atoms in total. The Hall–Kier alpha value is -1.42. The zero-order valence-corrected chi connectivity index (χ0v) is 10.0. The first-order valence-corrected chi connectivity index (χ1v) is 5.30. The minimum absolute atomic E-state index is 0.100. The van der Waals surface area contributed by atoms with Crippen LogP contribution in [0.5, 0.6) is 17.2 Å². The molecule has 0 fully saturated rings. The van der Waals surface area contributed by atoms with Crippen LogP contribution in [0.25, 0.3) is 0 Å². The molecule has 0 heterocycles. The maximum Gasteiger partial charge on any atom is 0.164 e. The third-order valence-electron chi connectivity index (χ3n) is 2.27. The molecule has 0 aliphatic heterocycles. The monoisotopic (exact) mass is 225 g/mol. The Bertz CT molecular complexity index is 328. The second kappa shape index (κ2) is 6.23. The van der Waals surface area contributed by atoms with Gasteiger partial charge in [-0.1, -0.05) is 0 Å². The minimum Gasteiger partial charge on any atom is -0.493 e. The van der Waals surface area contributed by atoms with Crippen molar-refractivity contribution in [3.05, 3.63) is 18.2 Å². The number of hydrogen-bond acceptors (Lipinski definition) is 4.